The van der Waals surface area contributed by atoms with Crippen LogP contribution in [0.4, 0.5) is 8.78 Å². The number of hydrogen-bond donors (Lipinski definition) is 1. The van der Waals surface area contributed by atoms with Crippen molar-refractivity contribution >= 4 is 41.3 Å². The molecule has 0 spiro atoms. The van der Waals surface area contributed by atoms with Crippen LogP contribution in [0.25, 0.3) is 0 Å². The predicted octanol–water partition coefficient (Wildman–Crippen LogP) is 3.54. The number of aliphatic imine (C=N–C) groups is 1. The number of rotatable bonds is 4. The minimum atomic E-state index is -0.435. The zero-order valence-corrected chi connectivity index (χ0v) is 17.8. The van der Waals surface area contributed by atoms with Crippen LogP contribution < -0.4 is 5.32 Å². The standard InChI is InChI=1S/C18H22F2N4S.HI/c1-21-18(22-12-14-11-15(19)4-5-17(14)20)24-8-6-23(7-9-24)13-16-3-2-10-25-16;/h2-5,10-11H,6-9,12-13H2,1H3,(H,21,22);1H. The minimum Gasteiger partial charge on any atom is -0.352 e. The Morgan fingerprint density at radius 3 is 2.62 bits per heavy atom. The summed E-state index contributed by atoms with van der Waals surface area (Å²) in [5.74, 6) is -0.125. The van der Waals surface area contributed by atoms with Gasteiger partial charge < -0.3 is 10.2 Å². The number of hydrogen-bond acceptors (Lipinski definition) is 3. The van der Waals surface area contributed by atoms with E-state index in [9.17, 15) is 8.78 Å². The van der Waals surface area contributed by atoms with Gasteiger partial charge in [0.05, 0.1) is 0 Å². The largest absolute Gasteiger partial charge is 0.352 e. The van der Waals surface area contributed by atoms with Crippen molar-refractivity contribution in [1.29, 1.82) is 0 Å². The van der Waals surface area contributed by atoms with Crippen LogP contribution in [0.1, 0.15) is 10.4 Å². The van der Waals surface area contributed by atoms with Crippen molar-refractivity contribution in [2.45, 2.75) is 13.1 Å². The highest BCUT2D eigenvalue weighted by Crippen LogP contribution is 2.14. The van der Waals surface area contributed by atoms with Gasteiger partial charge in [-0.2, -0.15) is 0 Å². The topological polar surface area (TPSA) is 30.9 Å². The van der Waals surface area contributed by atoms with Gasteiger partial charge in [0.15, 0.2) is 5.96 Å². The minimum absolute atomic E-state index is 0. The normalized spacial score (nSPS) is 15.7. The highest BCUT2D eigenvalue weighted by molar-refractivity contribution is 14.0. The highest BCUT2D eigenvalue weighted by Gasteiger charge is 2.20. The monoisotopic (exact) mass is 492 g/mol. The fraction of sp³-hybridized carbons (Fsp3) is 0.389. The lowest BCUT2D eigenvalue weighted by atomic mass is 10.2. The van der Waals surface area contributed by atoms with E-state index < -0.39 is 11.6 Å². The second-order valence-electron chi connectivity index (χ2n) is 5.98. The van der Waals surface area contributed by atoms with Gasteiger partial charge in [-0.15, -0.1) is 35.3 Å². The van der Waals surface area contributed by atoms with Crippen LogP contribution in [0.5, 0.6) is 0 Å². The number of piperazine rings is 1. The maximum atomic E-state index is 13.7. The summed E-state index contributed by atoms with van der Waals surface area (Å²) in [5, 5.41) is 5.24. The molecule has 3 rings (SSSR count). The van der Waals surface area contributed by atoms with Crippen LogP contribution >= 0.6 is 35.3 Å². The molecular formula is C18H23F2IN4S. The van der Waals surface area contributed by atoms with Crippen molar-refractivity contribution in [1.82, 2.24) is 15.1 Å². The predicted molar refractivity (Wildman–Crippen MR) is 113 cm³/mol. The lowest BCUT2D eigenvalue weighted by Gasteiger charge is -2.36. The summed E-state index contributed by atoms with van der Waals surface area (Å²) in [5.41, 5.74) is 0.303. The number of thiophene rings is 1. The summed E-state index contributed by atoms with van der Waals surface area (Å²) in [4.78, 5) is 10.2. The van der Waals surface area contributed by atoms with Gasteiger partial charge in [-0.3, -0.25) is 9.89 Å². The van der Waals surface area contributed by atoms with Gasteiger partial charge in [0.1, 0.15) is 11.6 Å². The van der Waals surface area contributed by atoms with E-state index in [-0.39, 0.29) is 30.5 Å². The van der Waals surface area contributed by atoms with E-state index in [0.717, 1.165) is 50.8 Å². The summed E-state index contributed by atoms with van der Waals surface area (Å²) in [6, 6.07) is 7.73. The Hall–Kier alpha value is -1.26. The van der Waals surface area contributed by atoms with Crippen LogP contribution in [-0.2, 0) is 13.1 Å². The molecule has 1 fully saturated rings. The second kappa shape index (κ2) is 10.2. The summed E-state index contributed by atoms with van der Waals surface area (Å²) in [6.45, 7) is 4.81. The number of nitrogens with one attached hydrogen (secondary N) is 1. The first-order chi connectivity index (χ1) is 12.2. The molecule has 1 N–H and O–H groups in total. The van der Waals surface area contributed by atoms with Gasteiger partial charge in [-0.1, -0.05) is 6.07 Å². The quantitative estimate of drug-likeness (QED) is 0.403. The molecule has 0 saturated carbocycles. The Bertz CT molecular complexity index is 716. The highest BCUT2D eigenvalue weighted by atomic mass is 127. The molecule has 1 aliphatic rings. The fourth-order valence-corrected chi connectivity index (χ4v) is 3.67. The van der Waals surface area contributed by atoms with Gasteiger partial charge in [-0.05, 0) is 29.6 Å². The van der Waals surface area contributed by atoms with Crippen LogP contribution in [0.2, 0.25) is 0 Å². The van der Waals surface area contributed by atoms with Crippen LogP contribution in [-0.4, -0.2) is 49.0 Å². The summed E-state index contributed by atoms with van der Waals surface area (Å²) >= 11 is 1.78. The van der Waals surface area contributed by atoms with Gasteiger partial charge in [-0.25, -0.2) is 8.78 Å². The Kier molecular flexibility index (Phi) is 8.23. The lowest BCUT2D eigenvalue weighted by Crippen LogP contribution is -2.52. The molecule has 8 heteroatoms. The van der Waals surface area contributed by atoms with Crippen molar-refractivity contribution in [3.8, 4) is 0 Å². The van der Waals surface area contributed by atoms with E-state index in [1.54, 1.807) is 18.4 Å². The third-order valence-electron chi connectivity index (χ3n) is 4.29. The van der Waals surface area contributed by atoms with Crippen molar-refractivity contribution in [3.05, 3.63) is 57.8 Å². The molecule has 0 amide bonds. The number of halogens is 3. The molecule has 0 unspecified atom stereocenters. The number of nitrogens with zero attached hydrogens (tertiary/aromatic N) is 3. The molecule has 2 aromatic rings. The zero-order valence-electron chi connectivity index (χ0n) is 14.6. The van der Waals surface area contributed by atoms with Crippen LogP contribution in [0.15, 0.2) is 40.7 Å². The smallest absolute Gasteiger partial charge is 0.194 e. The second-order valence-corrected chi connectivity index (χ2v) is 7.01. The van der Waals surface area contributed by atoms with Crippen LogP contribution in [0.3, 0.4) is 0 Å². The Morgan fingerprint density at radius 2 is 1.96 bits per heavy atom. The van der Waals surface area contributed by atoms with Gasteiger partial charge in [0, 0.05) is 56.8 Å². The van der Waals surface area contributed by atoms with Crippen molar-refractivity contribution in [2.24, 2.45) is 4.99 Å². The molecule has 1 aromatic carbocycles. The fourth-order valence-electron chi connectivity index (χ4n) is 2.93. The first kappa shape index (κ1) is 21.0. The molecule has 142 valence electrons. The van der Waals surface area contributed by atoms with Crippen molar-refractivity contribution in [3.63, 3.8) is 0 Å². The SMILES string of the molecule is CN=C(NCc1cc(F)ccc1F)N1CCN(Cc2cccs2)CC1.I. The summed E-state index contributed by atoms with van der Waals surface area (Å²) < 4.78 is 27.0. The van der Waals surface area contributed by atoms with E-state index in [0.29, 0.717) is 5.56 Å². The molecule has 26 heavy (non-hydrogen) atoms. The number of benzene rings is 1. The average Bonchev–Trinajstić information content (AvgIpc) is 3.12. The zero-order chi connectivity index (χ0) is 17.6. The third kappa shape index (κ3) is 5.62. The molecule has 1 aromatic heterocycles. The third-order valence-corrected chi connectivity index (χ3v) is 5.15. The van der Waals surface area contributed by atoms with E-state index in [1.165, 1.54) is 10.9 Å². The molecule has 1 saturated heterocycles. The summed E-state index contributed by atoms with van der Waals surface area (Å²) in [7, 11) is 1.71. The molecule has 2 heterocycles. The Balaban J connectivity index is 0.00000243. The molecule has 0 aliphatic carbocycles. The molecule has 1 aliphatic heterocycles. The number of guanidine groups is 1. The lowest BCUT2D eigenvalue weighted by molar-refractivity contribution is 0.173. The maximum Gasteiger partial charge on any atom is 0.194 e. The summed E-state index contributed by atoms with van der Waals surface area (Å²) in [6.07, 6.45) is 0. The average molecular weight is 492 g/mol. The van der Waals surface area contributed by atoms with Crippen molar-refractivity contribution < 1.29 is 8.78 Å². The maximum absolute atomic E-state index is 13.7. The molecule has 0 bridgehead atoms. The van der Waals surface area contributed by atoms with Crippen LogP contribution in [0, 0.1) is 11.6 Å². The van der Waals surface area contributed by atoms with E-state index in [1.807, 2.05) is 0 Å². The van der Waals surface area contributed by atoms with Crippen molar-refractivity contribution in [2.75, 3.05) is 33.2 Å². The molecule has 0 atom stereocenters. The van der Waals surface area contributed by atoms with Gasteiger partial charge in [0.2, 0.25) is 0 Å². The van der Waals surface area contributed by atoms with E-state index in [4.69, 9.17) is 0 Å². The molecular weight excluding hydrogens is 469 g/mol. The van der Waals surface area contributed by atoms with Gasteiger partial charge in [0.25, 0.3) is 0 Å². The Morgan fingerprint density at radius 1 is 1.19 bits per heavy atom. The van der Waals surface area contributed by atoms with E-state index in [2.05, 4.69) is 37.6 Å². The van der Waals surface area contributed by atoms with E-state index >= 15 is 0 Å². The van der Waals surface area contributed by atoms with Gasteiger partial charge >= 0.3 is 0 Å². The first-order valence-corrected chi connectivity index (χ1v) is 9.18. The molecule has 0 radical (unpaired) electrons. The first-order valence-electron chi connectivity index (χ1n) is 8.30. The molecule has 4 nitrogen and oxygen atoms in total. The Labute approximate surface area is 173 Å².